The lowest BCUT2D eigenvalue weighted by atomic mass is 9.93. The fourth-order valence-electron chi connectivity index (χ4n) is 6.04. The molecule has 0 atom stereocenters. The number of amides is 3. The fraction of sp³-hybridized carbons (Fsp3) is 0.156. The Bertz CT molecular complexity index is 1920. The predicted octanol–water partition coefficient (Wildman–Crippen LogP) is 5.82. The molecule has 1 saturated heterocycles. The summed E-state index contributed by atoms with van der Waals surface area (Å²) < 4.78 is 5.11. The fourth-order valence-corrected chi connectivity index (χ4v) is 6.04. The molecule has 0 radical (unpaired) electrons. The van der Waals surface area contributed by atoms with Crippen LogP contribution in [0, 0.1) is 13.8 Å². The van der Waals surface area contributed by atoms with Gasteiger partial charge in [0.05, 0.1) is 24.2 Å². The van der Waals surface area contributed by atoms with Gasteiger partial charge < -0.3 is 20.4 Å². The Morgan fingerprint density at radius 2 is 1.77 bits per heavy atom. The number of nitrogens with zero attached hydrogens (tertiary/aromatic N) is 2. The van der Waals surface area contributed by atoms with E-state index in [4.69, 9.17) is 10.5 Å². The van der Waals surface area contributed by atoms with Gasteiger partial charge >= 0.3 is 6.09 Å². The van der Waals surface area contributed by atoms with Crippen molar-refractivity contribution in [2.45, 2.75) is 20.4 Å². The molecule has 40 heavy (non-hydrogen) atoms. The van der Waals surface area contributed by atoms with E-state index in [0.717, 1.165) is 55.4 Å². The highest BCUT2D eigenvalue weighted by molar-refractivity contribution is 6.21. The summed E-state index contributed by atoms with van der Waals surface area (Å²) in [5.74, 6) is -0.541. The first kappa shape index (κ1) is 24.0. The van der Waals surface area contributed by atoms with Crippen molar-refractivity contribution in [2.75, 3.05) is 23.0 Å². The SMILES string of the molecule is Cc1ccc2c(c1)C(=O)N(c1cccc(-c3ccc(C(N)=O)c4[nH]c5cc(N6CCOC6=O)ccc5c34)c1C)C2. The molecule has 1 aromatic heterocycles. The summed E-state index contributed by atoms with van der Waals surface area (Å²) >= 11 is 0. The number of aryl methyl sites for hydroxylation is 1. The lowest BCUT2D eigenvalue weighted by molar-refractivity contribution is 0.0990. The van der Waals surface area contributed by atoms with Gasteiger partial charge in [-0.2, -0.15) is 0 Å². The number of hydrogen-bond acceptors (Lipinski definition) is 4. The van der Waals surface area contributed by atoms with E-state index in [1.54, 1.807) is 11.0 Å². The highest BCUT2D eigenvalue weighted by Crippen LogP contribution is 2.41. The Kier molecular flexibility index (Phi) is 5.22. The second kappa shape index (κ2) is 8.71. The summed E-state index contributed by atoms with van der Waals surface area (Å²) in [6.45, 7) is 5.35. The lowest BCUT2D eigenvalue weighted by Gasteiger charge is -2.21. The van der Waals surface area contributed by atoms with E-state index in [1.165, 1.54) is 0 Å². The minimum Gasteiger partial charge on any atom is -0.447 e. The van der Waals surface area contributed by atoms with Gasteiger partial charge in [0.2, 0.25) is 0 Å². The van der Waals surface area contributed by atoms with E-state index in [-0.39, 0.29) is 12.0 Å². The second-order valence-electron chi connectivity index (χ2n) is 10.4. The van der Waals surface area contributed by atoms with E-state index >= 15 is 0 Å². The summed E-state index contributed by atoms with van der Waals surface area (Å²) in [5.41, 5.74) is 14.8. The van der Waals surface area contributed by atoms with Crippen molar-refractivity contribution in [1.29, 1.82) is 0 Å². The number of ether oxygens (including phenoxy) is 1. The predicted molar refractivity (Wildman–Crippen MR) is 155 cm³/mol. The van der Waals surface area contributed by atoms with Crippen molar-refractivity contribution in [3.8, 4) is 11.1 Å². The number of anilines is 2. The molecule has 3 N–H and O–H groups in total. The van der Waals surface area contributed by atoms with Crippen LogP contribution in [-0.4, -0.2) is 36.0 Å². The van der Waals surface area contributed by atoms with Gasteiger partial charge in [-0.1, -0.05) is 42.0 Å². The zero-order valence-electron chi connectivity index (χ0n) is 22.1. The number of H-pyrrole nitrogens is 1. The van der Waals surface area contributed by atoms with Gasteiger partial charge in [-0.3, -0.25) is 14.5 Å². The molecule has 5 aromatic rings. The van der Waals surface area contributed by atoms with Crippen LogP contribution in [0.25, 0.3) is 32.9 Å². The van der Waals surface area contributed by atoms with Gasteiger partial charge in [-0.05, 0) is 66.4 Å². The largest absolute Gasteiger partial charge is 0.447 e. The third kappa shape index (κ3) is 3.49. The Balaban J connectivity index is 1.40. The average Bonchev–Trinajstić information content (AvgIpc) is 3.63. The first-order chi connectivity index (χ1) is 19.3. The number of hydrogen-bond donors (Lipinski definition) is 2. The van der Waals surface area contributed by atoms with Gasteiger partial charge in [0.25, 0.3) is 11.8 Å². The van der Waals surface area contributed by atoms with Crippen molar-refractivity contribution in [1.82, 2.24) is 4.98 Å². The maximum absolute atomic E-state index is 13.4. The molecule has 4 aromatic carbocycles. The van der Waals surface area contributed by atoms with Crippen molar-refractivity contribution in [2.24, 2.45) is 5.73 Å². The van der Waals surface area contributed by atoms with Gasteiger partial charge in [0.1, 0.15) is 6.61 Å². The van der Waals surface area contributed by atoms with E-state index in [9.17, 15) is 14.4 Å². The van der Waals surface area contributed by atoms with Gasteiger partial charge in [-0.25, -0.2) is 4.79 Å². The van der Waals surface area contributed by atoms with Crippen molar-refractivity contribution in [3.63, 3.8) is 0 Å². The minimum atomic E-state index is -0.535. The molecule has 0 spiro atoms. The number of carbonyl (C=O) groups excluding carboxylic acids is 3. The number of aromatic nitrogens is 1. The maximum atomic E-state index is 13.4. The number of cyclic esters (lactones) is 1. The average molecular weight is 531 g/mol. The quantitative estimate of drug-likeness (QED) is 0.305. The number of aromatic amines is 1. The van der Waals surface area contributed by atoms with Crippen LogP contribution in [0.3, 0.4) is 0 Å². The minimum absolute atomic E-state index is 0.00626. The van der Waals surface area contributed by atoms with Crippen LogP contribution in [0.1, 0.15) is 37.4 Å². The van der Waals surface area contributed by atoms with Crippen LogP contribution >= 0.6 is 0 Å². The van der Waals surface area contributed by atoms with E-state index in [2.05, 4.69) is 4.98 Å². The first-order valence-electron chi connectivity index (χ1n) is 13.2. The molecule has 3 heterocycles. The molecular weight excluding hydrogens is 504 g/mol. The summed E-state index contributed by atoms with van der Waals surface area (Å²) in [5, 5.41) is 1.75. The molecule has 0 bridgehead atoms. The molecule has 2 aliphatic rings. The normalized spacial score (nSPS) is 14.8. The molecule has 0 aliphatic carbocycles. The van der Waals surface area contributed by atoms with Crippen LogP contribution in [-0.2, 0) is 11.3 Å². The monoisotopic (exact) mass is 530 g/mol. The van der Waals surface area contributed by atoms with Crippen LogP contribution < -0.4 is 15.5 Å². The van der Waals surface area contributed by atoms with Gasteiger partial charge in [0, 0.05) is 33.2 Å². The highest BCUT2D eigenvalue weighted by Gasteiger charge is 2.30. The summed E-state index contributed by atoms with van der Waals surface area (Å²) in [4.78, 5) is 44.8. The van der Waals surface area contributed by atoms with Crippen molar-refractivity contribution < 1.29 is 19.1 Å². The number of carbonyl (C=O) groups is 3. The molecule has 1 fully saturated rings. The number of nitrogens with two attached hydrogens (primary N) is 1. The summed E-state index contributed by atoms with van der Waals surface area (Å²) in [6, 6.07) is 21.3. The summed E-state index contributed by atoms with van der Waals surface area (Å²) in [6.07, 6.45) is -0.379. The zero-order valence-corrected chi connectivity index (χ0v) is 22.1. The van der Waals surface area contributed by atoms with Crippen LogP contribution in [0.15, 0.2) is 66.7 Å². The third-order valence-electron chi connectivity index (χ3n) is 8.03. The van der Waals surface area contributed by atoms with Crippen molar-refractivity contribution >= 4 is 51.1 Å². The Hall–Kier alpha value is -5.11. The topological polar surface area (TPSA) is 109 Å². The van der Waals surface area contributed by atoms with E-state index in [1.807, 2.05) is 79.4 Å². The van der Waals surface area contributed by atoms with E-state index in [0.29, 0.717) is 36.5 Å². The van der Waals surface area contributed by atoms with E-state index < -0.39 is 5.91 Å². The number of benzene rings is 4. The Morgan fingerprint density at radius 1 is 0.925 bits per heavy atom. The number of rotatable bonds is 4. The van der Waals surface area contributed by atoms with Crippen LogP contribution in [0.5, 0.6) is 0 Å². The molecule has 0 unspecified atom stereocenters. The number of fused-ring (bicyclic) bond motifs is 4. The molecule has 0 saturated carbocycles. The molecule has 198 valence electrons. The molecule has 7 rings (SSSR count). The van der Waals surface area contributed by atoms with Gasteiger partial charge in [-0.15, -0.1) is 0 Å². The molecule has 8 heteroatoms. The van der Waals surface area contributed by atoms with Crippen molar-refractivity contribution in [3.05, 3.63) is 94.5 Å². The molecular formula is C32H26N4O4. The van der Waals surface area contributed by atoms with Gasteiger partial charge in [0.15, 0.2) is 0 Å². The summed E-state index contributed by atoms with van der Waals surface area (Å²) in [7, 11) is 0. The van der Waals surface area contributed by atoms with Crippen LogP contribution in [0.2, 0.25) is 0 Å². The first-order valence-corrected chi connectivity index (χ1v) is 13.2. The zero-order chi connectivity index (χ0) is 27.7. The van der Waals surface area contributed by atoms with Crippen LogP contribution in [0.4, 0.5) is 16.2 Å². The molecule has 8 nitrogen and oxygen atoms in total. The Morgan fingerprint density at radius 3 is 2.55 bits per heavy atom. The smallest absolute Gasteiger partial charge is 0.414 e. The standard InChI is InChI=1S/C32H26N4O4/c1-17-6-7-19-16-36(31(38)25(19)14-17)27-5-3-4-21(18(27)2)22-10-11-24(30(33)37)29-28(22)23-9-8-20(15-26(23)34-29)35-12-13-40-32(35)39/h3-11,14-15,34H,12-13,16H2,1-2H3,(H2,33,37). The number of primary amides is 1. The Labute approximate surface area is 229 Å². The highest BCUT2D eigenvalue weighted by atomic mass is 16.6. The lowest BCUT2D eigenvalue weighted by Crippen LogP contribution is -2.24. The second-order valence-corrected chi connectivity index (χ2v) is 10.4. The maximum Gasteiger partial charge on any atom is 0.414 e. The molecule has 3 amide bonds. The third-order valence-corrected chi connectivity index (χ3v) is 8.03. The number of nitrogens with one attached hydrogen (secondary N) is 1. The molecule has 2 aliphatic heterocycles.